The van der Waals surface area contributed by atoms with Crippen LogP contribution in [0.15, 0.2) is 5.38 Å². The summed E-state index contributed by atoms with van der Waals surface area (Å²) in [6.45, 7) is 2.29. The van der Waals surface area contributed by atoms with E-state index in [0.29, 0.717) is 12.6 Å². The summed E-state index contributed by atoms with van der Waals surface area (Å²) in [5, 5.41) is 1.96. The lowest BCUT2D eigenvalue weighted by molar-refractivity contribution is 0.0525. The van der Waals surface area contributed by atoms with Crippen molar-refractivity contribution in [2.45, 2.75) is 32.2 Å². The summed E-state index contributed by atoms with van der Waals surface area (Å²) in [7, 11) is 4.24. The molecular weight excluding hydrogens is 234 g/mol. The zero-order valence-corrected chi connectivity index (χ0v) is 11.5. The fourth-order valence-electron chi connectivity index (χ4n) is 2.32. The molecule has 0 fully saturated rings. The van der Waals surface area contributed by atoms with Gasteiger partial charge in [0.15, 0.2) is 0 Å². The predicted octanol–water partition coefficient (Wildman–Crippen LogP) is 2.34. The molecule has 4 heteroatoms. The molecule has 0 bridgehead atoms. The first-order chi connectivity index (χ1) is 8.13. The smallest absolute Gasteiger partial charge is 0.339 e. The van der Waals surface area contributed by atoms with E-state index in [1.54, 1.807) is 11.3 Å². The molecule has 0 aliphatic heterocycles. The van der Waals surface area contributed by atoms with Crippen molar-refractivity contribution in [1.29, 1.82) is 0 Å². The van der Waals surface area contributed by atoms with Crippen LogP contribution >= 0.6 is 11.3 Å². The normalized spacial score (nSPS) is 19.2. The molecule has 1 aliphatic rings. The molecule has 1 aromatic heterocycles. The van der Waals surface area contributed by atoms with E-state index < -0.39 is 0 Å². The van der Waals surface area contributed by atoms with E-state index in [0.717, 1.165) is 24.8 Å². The summed E-state index contributed by atoms with van der Waals surface area (Å²) in [6, 6.07) is 0.608. The Hall–Kier alpha value is -0.870. The molecule has 0 aromatic carbocycles. The number of likely N-dealkylation sites (N-methyl/N-ethyl adjacent to an activating group) is 1. The quantitative estimate of drug-likeness (QED) is 0.774. The molecule has 0 saturated carbocycles. The number of esters is 1. The van der Waals surface area contributed by atoms with E-state index in [-0.39, 0.29) is 5.97 Å². The van der Waals surface area contributed by atoms with E-state index in [1.807, 2.05) is 12.3 Å². The maximum Gasteiger partial charge on any atom is 0.339 e. The van der Waals surface area contributed by atoms with Crippen molar-refractivity contribution in [1.82, 2.24) is 4.90 Å². The molecule has 1 heterocycles. The van der Waals surface area contributed by atoms with Gasteiger partial charge in [-0.15, -0.1) is 11.3 Å². The number of nitrogens with zero attached hydrogens (tertiary/aromatic N) is 1. The topological polar surface area (TPSA) is 29.5 Å². The van der Waals surface area contributed by atoms with Gasteiger partial charge in [0, 0.05) is 16.3 Å². The number of hydrogen-bond donors (Lipinski definition) is 0. The number of carbonyl (C=O) groups is 1. The lowest BCUT2D eigenvalue weighted by Crippen LogP contribution is -2.33. The van der Waals surface area contributed by atoms with Crippen molar-refractivity contribution in [3.05, 3.63) is 21.4 Å². The highest BCUT2D eigenvalue weighted by molar-refractivity contribution is 7.10. The second kappa shape index (κ2) is 5.19. The predicted molar refractivity (Wildman–Crippen MR) is 69.8 cm³/mol. The Kier molecular flexibility index (Phi) is 3.84. The van der Waals surface area contributed by atoms with Gasteiger partial charge < -0.3 is 9.64 Å². The Morgan fingerprint density at radius 3 is 3.00 bits per heavy atom. The minimum Gasteiger partial charge on any atom is -0.462 e. The zero-order chi connectivity index (χ0) is 12.4. The highest BCUT2D eigenvalue weighted by atomic mass is 32.1. The molecule has 1 aromatic rings. The maximum atomic E-state index is 11.8. The van der Waals surface area contributed by atoms with Gasteiger partial charge in [-0.1, -0.05) is 0 Å². The summed E-state index contributed by atoms with van der Waals surface area (Å²) in [6.07, 6.45) is 3.19. The zero-order valence-electron chi connectivity index (χ0n) is 10.7. The molecule has 2 rings (SSSR count). The molecular formula is C13H19NO2S. The Morgan fingerprint density at radius 1 is 1.59 bits per heavy atom. The van der Waals surface area contributed by atoms with Gasteiger partial charge in [-0.3, -0.25) is 0 Å². The van der Waals surface area contributed by atoms with Gasteiger partial charge in [0.05, 0.1) is 12.2 Å². The van der Waals surface area contributed by atoms with Crippen LogP contribution in [0.25, 0.3) is 0 Å². The Labute approximate surface area is 106 Å². The summed E-state index contributed by atoms with van der Waals surface area (Å²) in [4.78, 5) is 15.4. The Balaban J connectivity index is 2.18. The Morgan fingerprint density at radius 2 is 2.35 bits per heavy atom. The van der Waals surface area contributed by atoms with Crippen LogP contribution in [-0.2, 0) is 17.6 Å². The fourth-order valence-corrected chi connectivity index (χ4v) is 3.46. The molecule has 94 valence electrons. The van der Waals surface area contributed by atoms with Gasteiger partial charge in [0.25, 0.3) is 0 Å². The van der Waals surface area contributed by atoms with Gasteiger partial charge in [-0.2, -0.15) is 0 Å². The van der Waals surface area contributed by atoms with Crippen LogP contribution < -0.4 is 0 Å². The van der Waals surface area contributed by atoms with Gasteiger partial charge in [-0.25, -0.2) is 4.79 Å². The molecule has 3 nitrogen and oxygen atoms in total. The number of carbonyl (C=O) groups excluding carboxylic acids is 1. The van der Waals surface area contributed by atoms with Gasteiger partial charge in [0.2, 0.25) is 0 Å². The molecule has 0 saturated heterocycles. The number of fused-ring (bicyclic) bond motifs is 1. The molecule has 0 N–H and O–H groups in total. The molecule has 0 radical (unpaired) electrons. The minimum atomic E-state index is -0.159. The van der Waals surface area contributed by atoms with E-state index >= 15 is 0 Å². The largest absolute Gasteiger partial charge is 0.462 e. The molecule has 1 aliphatic carbocycles. The number of ether oxygens (including phenoxy) is 1. The van der Waals surface area contributed by atoms with Crippen molar-refractivity contribution in [3.63, 3.8) is 0 Å². The highest BCUT2D eigenvalue weighted by Crippen LogP contribution is 2.32. The van der Waals surface area contributed by atoms with Crippen LogP contribution in [0.2, 0.25) is 0 Å². The van der Waals surface area contributed by atoms with Crippen LogP contribution in [-0.4, -0.2) is 37.6 Å². The average molecular weight is 253 g/mol. The first kappa shape index (κ1) is 12.6. The van der Waals surface area contributed by atoms with E-state index in [4.69, 9.17) is 4.74 Å². The van der Waals surface area contributed by atoms with Crippen LogP contribution in [0.1, 0.15) is 34.1 Å². The average Bonchev–Trinajstić information content (AvgIpc) is 2.71. The van der Waals surface area contributed by atoms with Crippen molar-refractivity contribution in [2.24, 2.45) is 0 Å². The van der Waals surface area contributed by atoms with Gasteiger partial charge in [-0.05, 0) is 45.8 Å². The second-order valence-electron chi connectivity index (χ2n) is 4.63. The molecule has 0 spiro atoms. The van der Waals surface area contributed by atoms with Crippen molar-refractivity contribution >= 4 is 17.3 Å². The SMILES string of the molecule is CCOC(=O)c1csc2c1CCC(N(C)C)C2. The lowest BCUT2D eigenvalue weighted by Gasteiger charge is -2.28. The summed E-state index contributed by atoms with van der Waals surface area (Å²) in [5.41, 5.74) is 2.02. The standard InChI is InChI=1S/C13H19NO2S/c1-4-16-13(15)11-8-17-12-7-9(14(2)3)5-6-10(11)12/h8-9H,4-7H2,1-3H3. The van der Waals surface area contributed by atoms with Crippen LogP contribution in [0.5, 0.6) is 0 Å². The number of rotatable bonds is 3. The highest BCUT2D eigenvalue weighted by Gasteiger charge is 2.26. The monoisotopic (exact) mass is 253 g/mol. The number of hydrogen-bond acceptors (Lipinski definition) is 4. The second-order valence-corrected chi connectivity index (χ2v) is 5.60. The van der Waals surface area contributed by atoms with Crippen molar-refractivity contribution in [2.75, 3.05) is 20.7 Å². The summed E-state index contributed by atoms with van der Waals surface area (Å²) < 4.78 is 5.08. The summed E-state index contributed by atoms with van der Waals surface area (Å²) >= 11 is 1.70. The van der Waals surface area contributed by atoms with Crippen molar-refractivity contribution in [3.8, 4) is 0 Å². The maximum absolute atomic E-state index is 11.8. The Bertz CT molecular complexity index is 412. The third kappa shape index (κ3) is 2.53. The van der Waals surface area contributed by atoms with E-state index in [1.165, 1.54) is 10.4 Å². The van der Waals surface area contributed by atoms with E-state index in [2.05, 4.69) is 19.0 Å². The van der Waals surface area contributed by atoms with Gasteiger partial charge in [0.1, 0.15) is 0 Å². The minimum absolute atomic E-state index is 0.159. The third-order valence-electron chi connectivity index (χ3n) is 3.35. The number of thiophene rings is 1. The van der Waals surface area contributed by atoms with Crippen LogP contribution in [0.4, 0.5) is 0 Å². The van der Waals surface area contributed by atoms with Crippen LogP contribution in [0, 0.1) is 0 Å². The van der Waals surface area contributed by atoms with E-state index in [9.17, 15) is 4.79 Å². The van der Waals surface area contributed by atoms with Gasteiger partial charge >= 0.3 is 5.97 Å². The first-order valence-corrected chi connectivity index (χ1v) is 6.94. The summed E-state index contributed by atoms with van der Waals surface area (Å²) in [5.74, 6) is -0.159. The molecule has 1 atom stereocenters. The molecule has 17 heavy (non-hydrogen) atoms. The van der Waals surface area contributed by atoms with Crippen LogP contribution in [0.3, 0.4) is 0 Å². The lowest BCUT2D eigenvalue weighted by atomic mass is 9.91. The first-order valence-electron chi connectivity index (χ1n) is 6.06. The fraction of sp³-hybridized carbons (Fsp3) is 0.615. The van der Waals surface area contributed by atoms with Crippen molar-refractivity contribution < 1.29 is 9.53 Å². The molecule has 0 amide bonds. The molecule has 1 unspecified atom stereocenters. The third-order valence-corrected chi connectivity index (χ3v) is 4.41.